The van der Waals surface area contributed by atoms with Crippen LogP contribution in [0.4, 0.5) is 8.78 Å². The fraction of sp³-hybridized carbons (Fsp3) is 0.310. The van der Waals surface area contributed by atoms with Crippen molar-refractivity contribution >= 4 is 12.4 Å². The monoisotopic (exact) mass is 530 g/mol. The molecule has 38 heavy (non-hydrogen) atoms. The molecule has 0 heterocycles. The summed E-state index contributed by atoms with van der Waals surface area (Å²) < 4.78 is 29.4. The van der Waals surface area contributed by atoms with Gasteiger partial charge in [-0.15, -0.1) is 0 Å². The average Bonchev–Trinajstić information content (AvgIpc) is 2.86. The number of phenols is 1. The third-order valence-electron chi connectivity index (χ3n) is 5.20. The highest BCUT2D eigenvalue weighted by Gasteiger charge is 2.07. The van der Waals surface area contributed by atoms with Crippen LogP contribution >= 0.6 is 0 Å². The maximum atomic E-state index is 12.2. The van der Waals surface area contributed by atoms with Crippen molar-refractivity contribution < 1.29 is 33.3 Å². The Morgan fingerprint density at radius 1 is 0.974 bits per heavy atom. The van der Waals surface area contributed by atoms with Crippen molar-refractivity contribution in [1.82, 2.24) is 10.6 Å². The molecule has 0 saturated carbocycles. The van der Waals surface area contributed by atoms with Crippen molar-refractivity contribution in [2.24, 2.45) is 0 Å². The second-order valence-electron chi connectivity index (χ2n) is 8.29. The zero-order valence-electron chi connectivity index (χ0n) is 22.0. The largest absolute Gasteiger partial charge is 0.504 e. The number of methoxy groups -OCH3 is 1. The first-order valence-electron chi connectivity index (χ1n) is 12.1. The van der Waals surface area contributed by atoms with Crippen LogP contribution in [0, 0.1) is 18.6 Å². The van der Waals surface area contributed by atoms with Crippen LogP contribution in [0.2, 0.25) is 0 Å². The number of hydrogen-bond donors (Lipinski definition) is 4. The van der Waals surface area contributed by atoms with Gasteiger partial charge in [-0.2, -0.15) is 0 Å². The van der Waals surface area contributed by atoms with Crippen molar-refractivity contribution in [2.75, 3.05) is 20.2 Å². The smallest absolute Gasteiger partial charge is 0.290 e. The first-order valence-corrected chi connectivity index (χ1v) is 12.1. The summed E-state index contributed by atoms with van der Waals surface area (Å²) in [7, 11) is 1.50. The molecule has 0 saturated heterocycles. The summed E-state index contributed by atoms with van der Waals surface area (Å²) in [4.78, 5) is 20.3. The van der Waals surface area contributed by atoms with E-state index in [9.17, 15) is 18.7 Å². The van der Waals surface area contributed by atoms with Crippen molar-refractivity contribution in [3.8, 4) is 11.5 Å². The summed E-state index contributed by atoms with van der Waals surface area (Å²) in [6.45, 7) is 5.87. The lowest BCUT2D eigenvalue weighted by molar-refractivity contribution is -0.123. The number of halogens is 2. The first kappa shape index (κ1) is 32.0. The van der Waals surface area contributed by atoms with E-state index in [1.54, 1.807) is 25.1 Å². The van der Waals surface area contributed by atoms with Gasteiger partial charge in [-0.05, 0) is 72.8 Å². The number of hydrogen-bond acceptors (Lipinski definition) is 5. The lowest BCUT2D eigenvalue weighted by atomic mass is 10.1. The lowest BCUT2D eigenvalue weighted by Gasteiger charge is -2.09. The summed E-state index contributed by atoms with van der Waals surface area (Å²) in [5.74, 6) is -0.635. The van der Waals surface area contributed by atoms with Crippen LogP contribution in [0.25, 0.3) is 0 Å². The fourth-order valence-electron chi connectivity index (χ4n) is 3.42. The molecule has 9 heteroatoms. The van der Waals surface area contributed by atoms with Crippen molar-refractivity contribution in [3.05, 3.63) is 94.6 Å². The quantitative estimate of drug-likeness (QED) is 0.222. The van der Waals surface area contributed by atoms with Crippen LogP contribution in [0.3, 0.4) is 0 Å². The molecular formula is C29H36F2N2O5. The topological polar surface area (TPSA) is 108 Å². The highest BCUT2D eigenvalue weighted by Crippen LogP contribution is 2.26. The van der Waals surface area contributed by atoms with E-state index < -0.39 is 11.6 Å². The zero-order chi connectivity index (χ0) is 28.3. The molecule has 0 spiro atoms. The number of phenolic OH excluding ortho intramolecular Hbond substituents is 1. The number of carboxylic acid groups (broad SMARTS) is 1. The highest BCUT2D eigenvalue weighted by atomic mass is 19.1. The molecular weight excluding hydrogens is 494 g/mol. The predicted octanol–water partition coefficient (Wildman–Crippen LogP) is 4.78. The molecule has 0 fully saturated rings. The Labute approximate surface area is 222 Å². The molecule has 206 valence electrons. The van der Waals surface area contributed by atoms with Gasteiger partial charge in [-0.3, -0.25) is 9.59 Å². The normalized spacial score (nSPS) is 9.82. The van der Waals surface area contributed by atoms with E-state index in [0.29, 0.717) is 17.9 Å². The molecule has 0 unspecified atom stereocenters. The number of amides is 1. The minimum Gasteiger partial charge on any atom is -0.504 e. The molecule has 1 amide bonds. The predicted molar refractivity (Wildman–Crippen MR) is 143 cm³/mol. The second kappa shape index (κ2) is 18.3. The summed E-state index contributed by atoms with van der Waals surface area (Å²) in [5, 5.41) is 22.9. The number of carbonyl (C=O) groups is 2. The Balaban J connectivity index is 0.000000497. The SMILES string of the molecule is CCc1cccc(CNCCCNC(=O)Cc2ccc(OC)c(O)c2)c1.Cc1cc(F)cc(F)c1.O=CO. The van der Waals surface area contributed by atoms with Crippen LogP contribution in [0.5, 0.6) is 11.5 Å². The van der Waals surface area contributed by atoms with Gasteiger partial charge in [0.1, 0.15) is 11.6 Å². The van der Waals surface area contributed by atoms with Crippen molar-refractivity contribution in [3.63, 3.8) is 0 Å². The Kier molecular flexibility index (Phi) is 15.4. The molecule has 0 bridgehead atoms. The maximum Gasteiger partial charge on any atom is 0.290 e. The fourth-order valence-corrected chi connectivity index (χ4v) is 3.42. The number of aromatic hydroxyl groups is 1. The third kappa shape index (κ3) is 13.4. The molecule has 0 aliphatic heterocycles. The molecule has 7 nitrogen and oxygen atoms in total. The van der Waals surface area contributed by atoms with Gasteiger partial charge >= 0.3 is 0 Å². The maximum absolute atomic E-state index is 12.2. The van der Waals surface area contributed by atoms with Gasteiger partial charge in [0.25, 0.3) is 6.47 Å². The Hall–Kier alpha value is -3.98. The number of ether oxygens (including phenoxy) is 1. The summed E-state index contributed by atoms with van der Waals surface area (Å²) in [5.41, 5.74) is 4.00. The Morgan fingerprint density at radius 2 is 1.63 bits per heavy atom. The van der Waals surface area contributed by atoms with Gasteiger partial charge in [0.05, 0.1) is 13.5 Å². The van der Waals surface area contributed by atoms with Crippen LogP contribution in [-0.4, -0.2) is 42.8 Å². The van der Waals surface area contributed by atoms with Gasteiger partial charge in [0.2, 0.25) is 5.91 Å². The van der Waals surface area contributed by atoms with Crippen LogP contribution in [-0.2, 0) is 29.0 Å². The Bertz CT molecular complexity index is 1090. The Morgan fingerprint density at radius 3 is 2.21 bits per heavy atom. The van der Waals surface area contributed by atoms with Gasteiger partial charge < -0.3 is 25.6 Å². The number of carbonyl (C=O) groups excluding carboxylic acids is 1. The van der Waals surface area contributed by atoms with Gasteiger partial charge in [0, 0.05) is 19.2 Å². The van der Waals surface area contributed by atoms with Crippen molar-refractivity contribution in [1.29, 1.82) is 0 Å². The highest BCUT2D eigenvalue weighted by molar-refractivity contribution is 5.78. The molecule has 0 radical (unpaired) electrons. The van der Waals surface area contributed by atoms with Crippen LogP contribution in [0.1, 0.15) is 35.6 Å². The number of rotatable bonds is 10. The molecule has 0 atom stereocenters. The average molecular weight is 531 g/mol. The standard InChI is InChI=1S/C21H28N2O3.C7H6F2.CH2O2/c1-3-16-6-4-7-18(12-16)15-22-10-5-11-23-21(25)14-17-8-9-20(26-2)19(24)13-17;1-5-2-6(8)4-7(9)3-5;2-1-3/h4,6-9,12-13,22,24H,3,5,10-11,14-15H2,1-2H3,(H,23,25);2-4H,1H3;1H,(H,2,3). The zero-order valence-corrected chi connectivity index (χ0v) is 22.0. The van der Waals surface area contributed by atoms with Crippen LogP contribution < -0.4 is 15.4 Å². The van der Waals surface area contributed by atoms with E-state index in [2.05, 4.69) is 41.8 Å². The van der Waals surface area contributed by atoms with Gasteiger partial charge in [-0.1, -0.05) is 37.3 Å². The van der Waals surface area contributed by atoms with E-state index in [1.807, 2.05) is 0 Å². The molecule has 0 aliphatic carbocycles. The second-order valence-corrected chi connectivity index (χ2v) is 8.29. The van der Waals surface area contributed by atoms with E-state index >= 15 is 0 Å². The molecule has 0 aliphatic rings. The minimum absolute atomic E-state index is 0.0501. The third-order valence-corrected chi connectivity index (χ3v) is 5.20. The molecule has 3 aromatic rings. The molecule has 4 N–H and O–H groups in total. The first-order chi connectivity index (χ1) is 18.2. The summed E-state index contributed by atoms with van der Waals surface area (Å²) in [6, 6.07) is 17.0. The summed E-state index contributed by atoms with van der Waals surface area (Å²) in [6.07, 6.45) is 2.16. The number of nitrogens with one attached hydrogen (secondary N) is 2. The molecule has 3 rings (SSSR count). The van der Waals surface area contributed by atoms with E-state index in [-0.39, 0.29) is 24.5 Å². The van der Waals surface area contributed by atoms with E-state index in [0.717, 1.165) is 37.6 Å². The number of aryl methyl sites for hydroxylation is 2. The van der Waals surface area contributed by atoms with Gasteiger partial charge in [0.15, 0.2) is 11.5 Å². The van der Waals surface area contributed by atoms with Crippen molar-refractivity contribution in [2.45, 2.75) is 39.7 Å². The van der Waals surface area contributed by atoms with Crippen LogP contribution in [0.15, 0.2) is 60.7 Å². The van der Waals surface area contributed by atoms with E-state index in [4.69, 9.17) is 14.6 Å². The molecule has 3 aromatic carbocycles. The molecule has 0 aromatic heterocycles. The lowest BCUT2D eigenvalue weighted by Crippen LogP contribution is -2.28. The van der Waals surface area contributed by atoms with E-state index in [1.165, 1.54) is 30.4 Å². The minimum atomic E-state index is -0.521. The summed E-state index contributed by atoms with van der Waals surface area (Å²) >= 11 is 0. The number of benzene rings is 3. The van der Waals surface area contributed by atoms with Gasteiger partial charge in [-0.25, -0.2) is 8.78 Å².